The van der Waals surface area contributed by atoms with Crippen molar-refractivity contribution >= 4 is 11.6 Å². The molecule has 0 radical (unpaired) electrons. The van der Waals surface area contributed by atoms with Gasteiger partial charge in [-0.25, -0.2) is 0 Å². The van der Waals surface area contributed by atoms with Crippen LogP contribution in [-0.4, -0.2) is 22.8 Å². The number of nitrogen functional groups attached to an aromatic ring is 1. The third-order valence-corrected chi connectivity index (χ3v) is 3.33. The fourth-order valence-corrected chi connectivity index (χ4v) is 2.14. The number of hydrogen-bond acceptors (Lipinski definition) is 3. The predicted octanol–water partition coefficient (Wildman–Crippen LogP) is 2.55. The van der Waals surface area contributed by atoms with E-state index < -0.39 is 0 Å². The lowest BCUT2D eigenvalue weighted by molar-refractivity contribution is 0.0784. The third kappa shape index (κ3) is 2.96. The lowest BCUT2D eigenvalue weighted by Crippen LogP contribution is -2.27. The highest BCUT2D eigenvalue weighted by Crippen LogP contribution is 2.19. The van der Waals surface area contributed by atoms with Crippen LogP contribution in [0.3, 0.4) is 0 Å². The Bertz CT molecular complexity index is 623. The van der Waals surface area contributed by atoms with Crippen molar-refractivity contribution in [2.75, 3.05) is 12.8 Å². The summed E-state index contributed by atoms with van der Waals surface area (Å²) in [6, 6.07) is 7.52. The molecule has 4 heteroatoms. The number of nitrogens with two attached hydrogens (primary N) is 1. The van der Waals surface area contributed by atoms with Crippen LogP contribution >= 0.6 is 0 Å². The molecule has 1 aromatic carbocycles. The van der Waals surface area contributed by atoms with Gasteiger partial charge in [-0.05, 0) is 42.7 Å². The van der Waals surface area contributed by atoms with E-state index in [-0.39, 0.29) is 5.91 Å². The highest BCUT2D eigenvalue weighted by atomic mass is 16.2. The number of nitrogens with zero attached hydrogens (tertiary/aromatic N) is 2. The zero-order valence-corrected chi connectivity index (χ0v) is 12.1. The number of hydrogen-bond donors (Lipinski definition) is 1. The minimum Gasteiger partial charge on any atom is -0.398 e. The van der Waals surface area contributed by atoms with Crippen molar-refractivity contribution < 1.29 is 4.79 Å². The number of anilines is 1. The summed E-state index contributed by atoms with van der Waals surface area (Å²) in [6.07, 6.45) is 3.48. The Balaban J connectivity index is 2.21. The predicted molar refractivity (Wildman–Crippen MR) is 80.4 cm³/mol. The van der Waals surface area contributed by atoms with Crippen LogP contribution in [0.1, 0.15) is 27.0 Å². The second kappa shape index (κ2) is 5.74. The minimum absolute atomic E-state index is 0.0296. The summed E-state index contributed by atoms with van der Waals surface area (Å²) in [4.78, 5) is 18.2. The van der Waals surface area contributed by atoms with Crippen LogP contribution in [0.2, 0.25) is 0 Å². The molecule has 0 aliphatic carbocycles. The summed E-state index contributed by atoms with van der Waals surface area (Å²) < 4.78 is 0. The second-order valence-corrected chi connectivity index (χ2v) is 5.05. The molecule has 0 spiro atoms. The summed E-state index contributed by atoms with van der Waals surface area (Å²) >= 11 is 0. The van der Waals surface area contributed by atoms with Gasteiger partial charge in [0, 0.05) is 37.2 Å². The minimum atomic E-state index is -0.0296. The molecule has 20 heavy (non-hydrogen) atoms. The van der Waals surface area contributed by atoms with Crippen LogP contribution in [0.25, 0.3) is 0 Å². The normalized spacial score (nSPS) is 10.3. The fourth-order valence-electron chi connectivity index (χ4n) is 2.14. The fraction of sp³-hybridized carbons (Fsp3) is 0.250. The molecule has 0 bridgehead atoms. The van der Waals surface area contributed by atoms with Gasteiger partial charge in [0.05, 0.1) is 0 Å². The molecular weight excluding hydrogens is 250 g/mol. The van der Waals surface area contributed by atoms with Gasteiger partial charge in [-0.3, -0.25) is 9.78 Å². The monoisotopic (exact) mass is 269 g/mol. The van der Waals surface area contributed by atoms with Crippen LogP contribution in [0.15, 0.2) is 36.7 Å². The molecular formula is C16H19N3O. The molecule has 2 aromatic rings. The Morgan fingerprint density at radius 3 is 2.70 bits per heavy atom. The molecule has 1 heterocycles. The Morgan fingerprint density at radius 2 is 2.05 bits per heavy atom. The van der Waals surface area contributed by atoms with E-state index in [2.05, 4.69) is 4.98 Å². The van der Waals surface area contributed by atoms with Crippen LogP contribution in [0.5, 0.6) is 0 Å². The summed E-state index contributed by atoms with van der Waals surface area (Å²) in [6.45, 7) is 4.40. The summed E-state index contributed by atoms with van der Waals surface area (Å²) in [5.41, 5.74) is 10.1. The van der Waals surface area contributed by atoms with Gasteiger partial charge in [0.2, 0.25) is 0 Å². The van der Waals surface area contributed by atoms with E-state index in [1.165, 1.54) is 0 Å². The van der Waals surface area contributed by atoms with Crippen molar-refractivity contribution in [1.29, 1.82) is 0 Å². The maximum atomic E-state index is 12.5. The van der Waals surface area contributed by atoms with E-state index >= 15 is 0 Å². The number of rotatable bonds is 3. The van der Waals surface area contributed by atoms with E-state index in [1.807, 2.05) is 32.0 Å². The molecule has 0 aliphatic heterocycles. The number of pyridine rings is 1. The number of aromatic nitrogens is 1. The van der Waals surface area contributed by atoms with Gasteiger partial charge in [0.25, 0.3) is 5.91 Å². The lowest BCUT2D eigenvalue weighted by atomic mass is 10.0. The van der Waals surface area contributed by atoms with E-state index in [4.69, 9.17) is 5.73 Å². The van der Waals surface area contributed by atoms with Gasteiger partial charge in [-0.1, -0.05) is 12.1 Å². The smallest absolute Gasteiger partial charge is 0.254 e. The molecule has 0 atom stereocenters. The molecule has 104 valence electrons. The van der Waals surface area contributed by atoms with Crippen LogP contribution in [0.4, 0.5) is 5.69 Å². The van der Waals surface area contributed by atoms with E-state index in [9.17, 15) is 4.79 Å². The Kier molecular flexibility index (Phi) is 4.03. The SMILES string of the molecule is Cc1cc(C)c(C(=O)N(C)Cc2cccnc2)cc1N. The molecule has 0 aliphatic rings. The zero-order valence-electron chi connectivity index (χ0n) is 12.1. The average molecular weight is 269 g/mol. The molecule has 0 unspecified atom stereocenters. The van der Waals surface area contributed by atoms with Crippen molar-refractivity contribution in [1.82, 2.24) is 9.88 Å². The zero-order chi connectivity index (χ0) is 14.7. The van der Waals surface area contributed by atoms with Gasteiger partial charge < -0.3 is 10.6 Å². The number of carbonyl (C=O) groups is 1. The van der Waals surface area contributed by atoms with E-state index in [0.717, 1.165) is 16.7 Å². The van der Waals surface area contributed by atoms with Gasteiger partial charge in [0.15, 0.2) is 0 Å². The van der Waals surface area contributed by atoms with Crippen molar-refractivity contribution in [2.45, 2.75) is 20.4 Å². The van der Waals surface area contributed by atoms with Gasteiger partial charge in [-0.2, -0.15) is 0 Å². The Hall–Kier alpha value is -2.36. The molecule has 2 rings (SSSR count). The quantitative estimate of drug-likeness (QED) is 0.871. The molecule has 4 nitrogen and oxygen atoms in total. The number of benzene rings is 1. The first-order chi connectivity index (χ1) is 9.49. The molecule has 0 saturated heterocycles. The van der Waals surface area contributed by atoms with Crippen molar-refractivity contribution in [3.8, 4) is 0 Å². The summed E-state index contributed by atoms with van der Waals surface area (Å²) in [5.74, 6) is -0.0296. The summed E-state index contributed by atoms with van der Waals surface area (Å²) in [5, 5.41) is 0. The topological polar surface area (TPSA) is 59.2 Å². The average Bonchev–Trinajstić information content (AvgIpc) is 2.43. The van der Waals surface area contributed by atoms with Crippen molar-refractivity contribution in [2.24, 2.45) is 0 Å². The summed E-state index contributed by atoms with van der Waals surface area (Å²) in [7, 11) is 1.78. The first-order valence-corrected chi connectivity index (χ1v) is 6.50. The number of carbonyl (C=O) groups excluding carboxylic acids is 1. The number of aryl methyl sites for hydroxylation is 2. The van der Waals surface area contributed by atoms with Crippen LogP contribution < -0.4 is 5.73 Å². The van der Waals surface area contributed by atoms with Crippen LogP contribution in [0, 0.1) is 13.8 Å². The highest BCUT2D eigenvalue weighted by Gasteiger charge is 2.15. The van der Waals surface area contributed by atoms with E-state index in [1.54, 1.807) is 30.4 Å². The standard InChI is InChI=1S/C16H19N3O/c1-11-7-12(2)15(17)8-14(11)16(20)19(3)10-13-5-4-6-18-9-13/h4-9H,10,17H2,1-3H3. The maximum Gasteiger partial charge on any atom is 0.254 e. The largest absolute Gasteiger partial charge is 0.398 e. The third-order valence-electron chi connectivity index (χ3n) is 3.33. The van der Waals surface area contributed by atoms with E-state index in [0.29, 0.717) is 17.8 Å². The van der Waals surface area contributed by atoms with Crippen molar-refractivity contribution in [3.05, 3.63) is 58.9 Å². The molecule has 0 fully saturated rings. The lowest BCUT2D eigenvalue weighted by Gasteiger charge is -2.19. The Labute approximate surface area is 119 Å². The highest BCUT2D eigenvalue weighted by molar-refractivity contribution is 5.96. The first-order valence-electron chi connectivity index (χ1n) is 6.50. The van der Waals surface area contributed by atoms with Gasteiger partial charge in [-0.15, -0.1) is 0 Å². The van der Waals surface area contributed by atoms with Gasteiger partial charge >= 0.3 is 0 Å². The number of amides is 1. The molecule has 2 N–H and O–H groups in total. The molecule has 0 saturated carbocycles. The van der Waals surface area contributed by atoms with Crippen LogP contribution in [-0.2, 0) is 6.54 Å². The second-order valence-electron chi connectivity index (χ2n) is 5.05. The molecule has 1 amide bonds. The first kappa shape index (κ1) is 14.1. The Morgan fingerprint density at radius 1 is 1.30 bits per heavy atom. The van der Waals surface area contributed by atoms with Gasteiger partial charge in [0.1, 0.15) is 0 Å². The molecule has 1 aromatic heterocycles. The maximum absolute atomic E-state index is 12.5. The van der Waals surface area contributed by atoms with Crippen molar-refractivity contribution in [3.63, 3.8) is 0 Å².